The predicted octanol–water partition coefficient (Wildman–Crippen LogP) is 1.61. The number of ether oxygens (including phenoxy) is 1. The minimum atomic E-state index is -0.504. The number of aliphatic hydroxyl groups excluding tert-OH is 1. The first kappa shape index (κ1) is 12.9. The average molecular weight is 243 g/mol. The molecule has 0 heterocycles. The van der Waals surface area contributed by atoms with Crippen LogP contribution in [0.5, 0.6) is 5.75 Å². The van der Waals surface area contributed by atoms with Crippen LogP contribution in [0.25, 0.3) is 0 Å². The van der Waals surface area contributed by atoms with E-state index in [4.69, 9.17) is 27.8 Å². The summed E-state index contributed by atoms with van der Waals surface area (Å²) in [4.78, 5) is 0.148. The van der Waals surface area contributed by atoms with E-state index >= 15 is 0 Å². The Morgan fingerprint density at radius 1 is 1.62 bits per heavy atom. The number of rotatable bonds is 5. The number of aliphatic hydroxyl groups is 1. The zero-order valence-electron chi connectivity index (χ0n) is 8.94. The summed E-state index contributed by atoms with van der Waals surface area (Å²) in [5, 5.41) is 9.01. The van der Waals surface area contributed by atoms with E-state index in [0.717, 1.165) is 0 Å². The molecule has 1 unspecified atom stereocenters. The zero-order chi connectivity index (χ0) is 12.1. The molecule has 0 aliphatic heterocycles. The summed E-state index contributed by atoms with van der Waals surface area (Å²) >= 11 is 4.72. The second-order valence-corrected chi connectivity index (χ2v) is 3.94. The van der Waals surface area contributed by atoms with Crippen molar-refractivity contribution in [2.45, 2.75) is 19.4 Å². The molecule has 0 radical (unpaired) electrons. The van der Waals surface area contributed by atoms with Gasteiger partial charge in [0.1, 0.15) is 4.99 Å². The third-order valence-electron chi connectivity index (χ3n) is 2.01. The first-order valence-electron chi connectivity index (χ1n) is 4.91. The quantitative estimate of drug-likeness (QED) is 0.771. The molecule has 88 valence electrons. The van der Waals surface area contributed by atoms with Gasteiger partial charge in [-0.05, 0) is 25.1 Å². The van der Waals surface area contributed by atoms with Crippen LogP contribution in [0.2, 0.25) is 0 Å². The number of nitrogens with two attached hydrogens (primary N) is 1. The Hall–Kier alpha value is -1.20. The van der Waals surface area contributed by atoms with Gasteiger partial charge in [0.2, 0.25) is 0 Å². The number of hydrogen-bond donors (Lipinski definition) is 2. The van der Waals surface area contributed by atoms with Crippen LogP contribution in [-0.4, -0.2) is 22.8 Å². The van der Waals surface area contributed by atoms with Crippen LogP contribution in [-0.2, 0) is 0 Å². The van der Waals surface area contributed by atoms with Crippen molar-refractivity contribution in [3.8, 4) is 5.75 Å². The summed E-state index contributed by atoms with van der Waals surface area (Å²) < 4.78 is 18.6. The van der Waals surface area contributed by atoms with Gasteiger partial charge >= 0.3 is 0 Å². The molecule has 0 aromatic heterocycles. The van der Waals surface area contributed by atoms with Crippen LogP contribution in [0.4, 0.5) is 4.39 Å². The topological polar surface area (TPSA) is 55.5 Å². The van der Waals surface area contributed by atoms with E-state index in [1.807, 2.05) is 0 Å². The third-order valence-corrected chi connectivity index (χ3v) is 2.25. The lowest BCUT2D eigenvalue weighted by atomic mass is 10.2. The van der Waals surface area contributed by atoms with Gasteiger partial charge in [0.25, 0.3) is 0 Å². The molecule has 5 heteroatoms. The molecule has 3 nitrogen and oxygen atoms in total. The summed E-state index contributed by atoms with van der Waals surface area (Å²) in [6.07, 6.45) is -0.00445. The lowest BCUT2D eigenvalue weighted by molar-refractivity contribution is 0.154. The Bertz CT molecular complexity index is 382. The number of halogens is 1. The highest BCUT2D eigenvalue weighted by molar-refractivity contribution is 7.80. The summed E-state index contributed by atoms with van der Waals surface area (Å²) in [6, 6.07) is 4.31. The lowest BCUT2D eigenvalue weighted by Crippen LogP contribution is -2.11. The van der Waals surface area contributed by atoms with Crippen molar-refractivity contribution in [1.29, 1.82) is 0 Å². The Labute approximate surface area is 99.0 Å². The molecule has 0 fully saturated rings. The second kappa shape index (κ2) is 5.77. The van der Waals surface area contributed by atoms with Crippen LogP contribution in [0.1, 0.15) is 18.9 Å². The normalized spacial score (nSPS) is 12.2. The standard InChI is InChI=1S/C11H14FNO2S/c1-7(14)4-5-15-10-3-2-8(11(13)16)6-9(10)12/h2-3,6-7,14H,4-5H2,1H3,(H2,13,16). The van der Waals surface area contributed by atoms with Crippen molar-refractivity contribution in [2.24, 2.45) is 5.73 Å². The van der Waals surface area contributed by atoms with Crippen molar-refractivity contribution in [2.75, 3.05) is 6.61 Å². The molecule has 1 aromatic carbocycles. The molecular weight excluding hydrogens is 229 g/mol. The summed E-state index contributed by atoms with van der Waals surface area (Å²) in [6.45, 7) is 1.91. The van der Waals surface area contributed by atoms with Gasteiger partial charge in [-0.1, -0.05) is 12.2 Å². The van der Waals surface area contributed by atoms with Crippen LogP contribution in [0.15, 0.2) is 18.2 Å². The Balaban J connectivity index is 2.64. The van der Waals surface area contributed by atoms with Crippen molar-refractivity contribution in [1.82, 2.24) is 0 Å². The molecule has 0 amide bonds. The van der Waals surface area contributed by atoms with Gasteiger partial charge < -0.3 is 15.6 Å². The van der Waals surface area contributed by atoms with Crippen LogP contribution < -0.4 is 10.5 Å². The number of benzene rings is 1. The Morgan fingerprint density at radius 3 is 2.81 bits per heavy atom. The highest BCUT2D eigenvalue weighted by Crippen LogP contribution is 2.18. The van der Waals surface area contributed by atoms with Crippen molar-refractivity contribution in [3.63, 3.8) is 0 Å². The van der Waals surface area contributed by atoms with E-state index in [1.54, 1.807) is 13.0 Å². The molecule has 3 N–H and O–H groups in total. The van der Waals surface area contributed by atoms with E-state index in [2.05, 4.69) is 0 Å². The Kier molecular flexibility index (Phi) is 4.64. The molecule has 0 saturated heterocycles. The fourth-order valence-corrected chi connectivity index (χ4v) is 1.24. The molecular formula is C11H14FNO2S. The van der Waals surface area contributed by atoms with Gasteiger partial charge in [-0.25, -0.2) is 4.39 Å². The second-order valence-electron chi connectivity index (χ2n) is 3.50. The van der Waals surface area contributed by atoms with Gasteiger partial charge in [-0.15, -0.1) is 0 Å². The van der Waals surface area contributed by atoms with Gasteiger partial charge in [0.15, 0.2) is 11.6 Å². The molecule has 0 aliphatic carbocycles. The first-order chi connectivity index (χ1) is 7.50. The minimum absolute atomic E-state index is 0.139. The average Bonchev–Trinajstić information content (AvgIpc) is 2.19. The minimum Gasteiger partial charge on any atom is -0.490 e. The number of thiocarbonyl (C=S) groups is 1. The van der Waals surface area contributed by atoms with Crippen molar-refractivity contribution >= 4 is 17.2 Å². The highest BCUT2D eigenvalue weighted by atomic mass is 32.1. The highest BCUT2D eigenvalue weighted by Gasteiger charge is 2.06. The van der Waals surface area contributed by atoms with Crippen molar-refractivity contribution in [3.05, 3.63) is 29.6 Å². The maximum atomic E-state index is 13.4. The van der Waals surface area contributed by atoms with Crippen LogP contribution >= 0.6 is 12.2 Å². The largest absolute Gasteiger partial charge is 0.490 e. The van der Waals surface area contributed by atoms with E-state index in [0.29, 0.717) is 12.0 Å². The van der Waals surface area contributed by atoms with Gasteiger partial charge in [0.05, 0.1) is 12.7 Å². The molecule has 1 rings (SSSR count). The molecule has 0 spiro atoms. The van der Waals surface area contributed by atoms with Gasteiger partial charge in [0, 0.05) is 12.0 Å². The maximum absolute atomic E-state index is 13.4. The number of hydrogen-bond acceptors (Lipinski definition) is 3. The lowest BCUT2D eigenvalue weighted by Gasteiger charge is -2.09. The fraction of sp³-hybridized carbons (Fsp3) is 0.364. The van der Waals surface area contributed by atoms with E-state index in [-0.39, 0.29) is 17.3 Å². The SMILES string of the molecule is CC(O)CCOc1ccc(C(N)=S)cc1F. The van der Waals surface area contributed by atoms with Gasteiger partial charge in [-0.3, -0.25) is 0 Å². The van der Waals surface area contributed by atoms with Crippen LogP contribution in [0, 0.1) is 5.82 Å². The van der Waals surface area contributed by atoms with E-state index in [1.165, 1.54) is 12.1 Å². The fourth-order valence-electron chi connectivity index (χ4n) is 1.11. The van der Waals surface area contributed by atoms with Crippen LogP contribution in [0.3, 0.4) is 0 Å². The first-order valence-corrected chi connectivity index (χ1v) is 5.31. The predicted molar refractivity (Wildman–Crippen MR) is 64.1 cm³/mol. The molecule has 16 heavy (non-hydrogen) atoms. The summed E-state index contributed by atoms with van der Waals surface area (Å²) in [7, 11) is 0. The Morgan fingerprint density at radius 2 is 2.31 bits per heavy atom. The maximum Gasteiger partial charge on any atom is 0.165 e. The summed E-state index contributed by atoms with van der Waals surface area (Å²) in [5.41, 5.74) is 5.83. The molecule has 0 aliphatic rings. The van der Waals surface area contributed by atoms with E-state index in [9.17, 15) is 4.39 Å². The molecule has 0 saturated carbocycles. The smallest absolute Gasteiger partial charge is 0.165 e. The molecule has 1 aromatic rings. The van der Waals surface area contributed by atoms with E-state index < -0.39 is 11.9 Å². The zero-order valence-corrected chi connectivity index (χ0v) is 9.76. The van der Waals surface area contributed by atoms with Crippen molar-refractivity contribution < 1.29 is 14.2 Å². The molecule has 1 atom stereocenters. The van der Waals surface area contributed by atoms with Gasteiger partial charge in [-0.2, -0.15) is 0 Å². The summed E-state index contributed by atoms with van der Waals surface area (Å²) in [5.74, 6) is -0.364. The molecule has 0 bridgehead atoms. The monoisotopic (exact) mass is 243 g/mol. The third kappa shape index (κ3) is 3.75.